The van der Waals surface area contributed by atoms with Gasteiger partial charge in [0.05, 0.1) is 11.6 Å². The number of hydrogen-bond donors (Lipinski definition) is 1. The first-order chi connectivity index (χ1) is 12.3. The highest BCUT2D eigenvalue weighted by molar-refractivity contribution is 5.85. The van der Waals surface area contributed by atoms with Crippen LogP contribution in [-0.4, -0.2) is 44.1 Å². The fourth-order valence-electron chi connectivity index (χ4n) is 3.45. The van der Waals surface area contributed by atoms with E-state index in [2.05, 4.69) is 20.4 Å². The topological polar surface area (TPSA) is 89.9 Å². The number of rotatable bonds is 4. The van der Waals surface area contributed by atoms with E-state index in [-0.39, 0.29) is 41.6 Å². The van der Waals surface area contributed by atoms with Crippen molar-refractivity contribution in [2.45, 2.75) is 45.2 Å². The van der Waals surface area contributed by atoms with Crippen LogP contribution in [0.1, 0.15) is 51.0 Å². The zero-order chi connectivity index (χ0) is 18.9. The fourth-order valence-corrected chi connectivity index (χ4v) is 3.45. The molecule has 1 fully saturated rings. The molecule has 3 rings (SSSR count). The summed E-state index contributed by atoms with van der Waals surface area (Å²) in [4.78, 5) is 13.7. The van der Waals surface area contributed by atoms with Crippen molar-refractivity contribution in [3.63, 3.8) is 0 Å². The Hall–Kier alpha value is -2.06. The highest BCUT2D eigenvalue weighted by atomic mass is 35.5. The van der Waals surface area contributed by atoms with Gasteiger partial charge in [0, 0.05) is 5.92 Å². The first-order valence-corrected chi connectivity index (χ1v) is 8.85. The molecule has 2 aromatic rings. The van der Waals surface area contributed by atoms with E-state index in [4.69, 9.17) is 5.73 Å². The maximum absolute atomic E-state index is 13.4. The number of nitrogens with zero attached hydrogens (tertiary/aromatic N) is 5. The molecule has 27 heavy (non-hydrogen) atoms. The van der Waals surface area contributed by atoms with Crippen molar-refractivity contribution in [2.75, 3.05) is 13.1 Å². The minimum atomic E-state index is -0.289. The lowest BCUT2D eigenvalue weighted by molar-refractivity contribution is -0.123. The summed E-state index contributed by atoms with van der Waals surface area (Å²) in [5, 5.41) is 12.3. The predicted octanol–water partition coefficient (Wildman–Crippen LogP) is 2.28. The molecule has 2 heterocycles. The number of nitrogens with two attached hydrogens (primary N) is 1. The van der Waals surface area contributed by atoms with Crippen LogP contribution in [0.15, 0.2) is 24.3 Å². The number of likely N-dealkylation sites (tertiary alicyclic amines) is 1. The molecule has 1 unspecified atom stereocenters. The highest BCUT2D eigenvalue weighted by Crippen LogP contribution is 2.32. The summed E-state index contributed by atoms with van der Waals surface area (Å²) in [7, 11) is 0. The van der Waals surface area contributed by atoms with Gasteiger partial charge in [0.1, 0.15) is 5.82 Å². The van der Waals surface area contributed by atoms with Crippen molar-refractivity contribution in [2.24, 2.45) is 11.7 Å². The number of hydrogen-bond acceptors (Lipinski definition) is 5. The average molecular weight is 397 g/mol. The molecule has 1 atom stereocenters. The Morgan fingerprint density at radius 3 is 2.33 bits per heavy atom. The van der Waals surface area contributed by atoms with Crippen LogP contribution in [0.3, 0.4) is 0 Å². The molecule has 0 spiro atoms. The van der Waals surface area contributed by atoms with Crippen molar-refractivity contribution < 1.29 is 9.18 Å². The Balaban J connectivity index is 0.00000261. The smallest absolute Gasteiger partial charge is 0.220 e. The fraction of sp³-hybridized carbons (Fsp3) is 0.556. The molecule has 1 saturated heterocycles. The minimum Gasteiger partial charge on any atom is -0.369 e. The molecule has 1 aromatic carbocycles. The van der Waals surface area contributed by atoms with E-state index >= 15 is 0 Å². The zero-order valence-electron chi connectivity index (χ0n) is 15.8. The Kier molecular flexibility index (Phi) is 6.54. The summed E-state index contributed by atoms with van der Waals surface area (Å²) in [5.74, 6) is 0.0817. The van der Waals surface area contributed by atoms with Gasteiger partial charge >= 0.3 is 0 Å². The lowest BCUT2D eigenvalue weighted by Crippen LogP contribution is -2.42. The van der Waals surface area contributed by atoms with Crippen molar-refractivity contribution in [3.05, 3.63) is 41.5 Å². The summed E-state index contributed by atoms with van der Waals surface area (Å²) in [6.45, 7) is 7.51. The SMILES string of the molecule is CC(C)(C)n1nnnc1C(c1ccc(F)cc1)N1CCC(C(N)=O)CC1.Cl. The van der Waals surface area contributed by atoms with Crippen LogP contribution in [-0.2, 0) is 10.3 Å². The molecule has 148 valence electrons. The van der Waals surface area contributed by atoms with Crippen molar-refractivity contribution in [3.8, 4) is 0 Å². The first kappa shape index (κ1) is 21.2. The Morgan fingerprint density at radius 2 is 1.81 bits per heavy atom. The molecule has 7 nitrogen and oxygen atoms in total. The lowest BCUT2D eigenvalue weighted by atomic mass is 9.93. The number of primary amides is 1. The molecular weight excluding hydrogens is 371 g/mol. The monoisotopic (exact) mass is 396 g/mol. The predicted molar refractivity (Wildman–Crippen MR) is 102 cm³/mol. The van der Waals surface area contributed by atoms with Crippen LogP contribution in [0, 0.1) is 11.7 Å². The summed E-state index contributed by atoms with van der Waals surface area (Å²) < 4.78 is 15.2. The molecular formula is C18H26ClFN6O. The van der Waals surface area contributed by atoms with Gasteiger partial charge in [0.2, 0.25) is 5.91 Å². The molecule has 9 heteroatoms. The lowest BCUT2D eigenvalue weighted by Gasteiger charge is -2.37. The van der Waals surface area contributed by atoms with E-state index < -0.39 is 0 Å². The number of benzene rings is 1. The van der Waals surface area contributed by atoms with E-state index in [1.54, 1.807) is 16.8 Å². The quantitative estimate of drug-likeness (QED) is 0.856. The van der Waals surface area contributed by atoms with Crippen LogP contribution in [0.2, 0.25) is 0 Å². The summed E-state index contributed by atoms with van der Waals surface area (Å²) in [6, 6.07) is 6.22. The summed E-state index contributed by atoms with van der Waals surface area (Å²) >= 11 is 0. The average Bonchev–Trinajstić information content (AvgIpc) is 3.07. The normalized spacial score (nSPS) is 17.3. The molecule has 0 radical (unpaired) electrons. The zero-order valence-corrected chi connectivity index (χ0v) is 16.6. The van der Waals surface area contributed by atoms with Crippen LogP contribution < -0.4 is 5.73 Å². The van der Waals surface area contributed by atoms with Crippen molar-refractivity contribution in [1.82, 2.24) is 25.1 Å². The van der Waals surface area contributed by atoms with Crippen LogP contribution in [0.5, 0.6) is 0 Å². The molecule has 1 aromatic heterocycles. The third kappa shape index (κ3) is 4.62. The van der Waals surface area contributed by atoms with E-state index in [1.807, 2.05) is 20.8 Å². The molecule has 1 aliphatic rings. The van der Waals surface area contributed by atoms with Gasteiger partial charge in [-0.2, -0.15) is 0 Å². The van der Waals surface area contributed by atoms with Crippen molar-refractivity contribution >= 4 is 18.3 Å². The molecule has 2 N–H and O–H groups in total. The standard InChI is InChI=1S/C18H25FN6O.ClH/c1-18(2,3)25-17(21-22-23-25)15(12-4-6-14(19)7-5-12)24-10-8-13(9-11-24)16(20)26;/h4-7,13,15H,8-11H2,1-3H3,(H2,20,26);1H. The number of piperidine rings is 1. The van der Waals surface area contributed by atoms with Crippen LogP contribution in [0.4, 0.5) is 4.39 Å². The third-order valence-corrected chi connectivity index (χ3v) is 4.86. The Bertz CT molecular complexity index is 765. The largest absolute Gasteiger partial charge is 0.369 e. The number of carbonyl (C=O) groups is 1. The van der Waals surface area contributed by atoms with Crippen molar-refractivity contribution in [1.29, 1.82) is 0 Å². The van der Waals surface area contributed by atoms with E-state index in [0.717, 1.165) is 5.56 Å². The van der Waals surface area contributed by atoms with Gasteiger partial charge in [-0.25, -0.2) is 9.07 Å². The minimum absolute atomic E-state index is 0. The van der Waals surface area contributed by atoms with Gasteiger partial charge < -0.3 is 5.73 Å². The summed E-state index contributed by atoms with van der Waals surface area (Å²) in [6.07, 6.45) is 1.40. The second-order valence-corrected chi connectivity index (χ2v) is 7.79. The van der Waals surface area contributed by atoms with Gasteiger partial charge in [-0.3, -0.25) is 9.69 Å². The van der Waals surface area contributed by atoms with Gasteiger partial charge in [0.15, 0.2) is 5.82 Å². The van der Waals surface area contributed by atoms with Crippen LogP contribution in [0.25, 0.3) is 0 Å². The van der Waals surface area contributed by atoms with Gasteiger partial charge in [-0.1, -0.05) is 12.1 Å². The molecule has 0 aliphatic carbocycles. The molecule has 0 bridgehead atoms. The number of halogens is 2. The van der Waals surface area contributed by atoms with E-state index in [1.165, 1.54) is 12.1 Å². The summed E-state index contributed by atoms with van der Waals surface area (Å²) in [5.41, 5.74) is 6.09. The maximum Gasteiger partial charge on any atom is 0.220 e. The number of amides is 1. The number of tetrazole rings is 1. The number of aromatic nitrogens is 4. The Labute approximate surface area is 164 Å². The van der Waals surface area contributed by atoms with E-state index in [0.29, 0.717) is 31.8 Å². The Morgan fingerprint density at radius 1 is 1.22 bits per heavy atom. The molecule has 1 aliphatic heterocycles. The first-order valence-electron chi connectivity index (χ1n) is 8.85. The second kappa shape index (κ2) is 8.31. The van der Waals surface area contributed by atoms with Gasteiger partial charge in [-0.05, 0) is 74.8 Å². The van der Waals surface area contributed by atoms with Gasteiger partial charge in [0.25, 0.3) is 0 Å². The highest BCUT2D eigenvalue weighted by Gasteiger charge is 2.34. The van der Waals surface area contributed by atoms with Crippen LogP contribution >= 0.6 is 12.4 Å². The van der Waals surface area contributed by atoms with Gasteiger partial charge in [-0.15, -0.1) is 17.5 Å². The molecule has 1 amide bonds. The second-order valence-electron chi connectivity index (χ2n) is 7.79. The van der Waals surface area contributed by atoms with E-state index in [9.17, 15) is 9.18 Å². The molecule has 0 saturated carbocycles. The maximum atomic E-state index is 13.4. The third-order valence-electron chi connectivity index (χ3n) is 4.86. The number of carbonyl (C=O) groups excluding carboxylic acids is 1.